The van der Waals surface area contributed by atoms with E-state index in [1.54, 1.807) is 4.90 Å². The molecule has 76 valence electrons. The summed E-state index contributed by atoms with van der Waals surface area (Å²) in [5, 5.41) is 2.95. The molecule has 0 spiro atoms. The fourth-order valence-corrected chi connectivity index (χ4v) is 0.964. The van der Waals surface area contributed by atoms with Crippen LogP contribution in [0.3, 0.4) is 0 Å². The van der Waals surface area contributed by atoms with E-state index in [1.807, 2.05) is 21.1 Å². The second-order valence-corrected chi connectivity index (χ2v) is 3.95. The van der Waals surface area contributed by atoms with E-state index in [0.29, 0.717) is 6.04 Å². The third kappa shape index (κ3) is 4.12. The number of amides is 2. The first-order valence-corrected chi connectivity index (χ1v) is 4.76. The molecule has 0 saturated heterocycles. The summed E-state index contributed by atoms with van der Waals surface area (Å²) >= 11 is 0. The molecular formula is C9H19N3O. The molecule has 0 radical (unpaired) electrons. The van der Waals surface area contributed by atoms with Crippen LogP contribution >= 0.6 is 0 Å². The van der Waals surface area contributed by atoms with Gasteiger partial charge in [0.2, 0.25) is 0 Å². The maximum absolute atomic E-state index is 11.4. The van der Waals surface area contributed by atoms with Crippen LogP contribution in [0.1, 0.15) is 12.8 Å². The molecule has 0 unspecified atom stereocenters. The molecule has 1 aliphatic rings. The number of nitrogens with one attached hydrogen (secondary N) is 1. The molecule has 13 heavy (non-hydrogen) atoms. The number of carbonyl (C=O) groups is 1. The SMILES string of the molecule is CN(C)CCN(C)C(=O)NC1CC1. The van der Waals surface area contributed by atoms with Crippen molar-refractivity contribution in [1.29, 1.82) is 0 Å². The third-order valence-corrected chi connectivity index (χ3v) is 2.13. The summed E-state index contributed by atoms with van der Waals surface area (Å²) in [6, 6.07) is 0.513. The molecule has 4 nitrogen and oxygen atoms in total. The Balaban J connectivity index is 2.12. The van der Waals surface area contributed by atoms with Crippen molar-refractivity contribution in [3.8, 4) is 0 Å². The Hall–Kier alpha value is -0.770. The second-order valence-electron chi connectivity index (χ2n) is 3.95. The fraction of sp³-hybridized carbons (Fsp3) is 0.889. The summed E-state index contributed by atoms with van der Waals surface area (Å²) in [6.45, 7) is 1.69. The number of carbonyl (C=O) groups excluding carboxylic acids is 1. The average molecular weight is 185 g/mol. The van der Waals surface area contributed by atoms with Crippen molar-refractivity contribution in [1.82, 2.24) is 15.1 Å². The van der Waals surface area contributed by atoms with Gasteiger partial charge in [-0.2, -0.15) is 0 Å². The van der Waals surface area contributed by atoms with Crippen LogP contribution in [0.4, 0.5) is 4.79 Å². The van der Waals surface area contributed by atoms with Gasteiger partial charge in [0.25, 0.3) is 0 Å². The maximum Gasteiger partial charge on any atom is 0.317 e. The molecule has 2 amide bonds. The molecular weight excluding hydrogens is 166 g/mol. The van der Waals surface area contributed by atoms with E-state index in [-0.39, 0.29) is 6.03 Å². The highest BCUT2D eigenvalue weighted by Gasteiger charge is 2.24. The molecule has 0 atom stereocenters. The summed E-state index contributed by atoms with van der Waals surface area (Å²) in [5.41, 5.74) is 0. The number of urea groups is 1. The van der Waals surface area contributed by atoms with Gasteiger partial charge in [0.15, 0.2) is 0 Å². The van der Waals surface area contributed by atoms with Crippen LogP contribution in [-0.2, 0) is 0 Å². The van der Waals surface area contributed by atoms with Crippen molar-refractivity contribution in [3.63, 3.8) is 0 Å². The van der Waals surface area contributed by atoms with E-state index >= 15 is 0 Å². The fourth-order valence-electron chi connectivity index (χ4n) is 0.964. The van der Waals surface area contributed by atoms with Crippen LogP contribution < -0.4 is 5.32 Å². The highest BCUT2D eigenvalue weighted by atomic mass is 16.2. The van der Waals surface area contributed by atoms with E-state index in [1.165, 1.54) is 0 Å². The zero-order valence-corrected chi connectivity index (χ0v) is 8.71. The summed E-state index contributed by atoms with van der Waals surface area (Å²) in [5.74, 6) is 0. The maximum atomic E-state index is 11.4. The van der Waals surface area contributed by atoms with E-state index in [4.69, 9.17) is 0 Å². The molecule has 1 aliphatic carbocycles. The lowest BCUT2D eigenvalue weighted by molar-refractivity contribution is 0.203. The van der Waals surface area contributed by atoms with Crippen molar-refractivity contribution < 1.29 is 4.79 Å². The highest BCUT2D eigenvalue weighted by molar-refractivity contribution is 5.74. The predicted octanol–water partition coefficient (Wildman–Crippen LogP) is 0.352. The van der Waals surface area contributed by atoms with Crippen molar-refractivity contribution in [2.45, 2.75) is 18.9 Å². The molecule has 0 aromatic rings. The number of likely N-dealkylation sites (N-methyl/N-ethyl adjacent to an activating group) is 2. The van der Waals surface area contributed by atoms with E-state index in [9.17, 15) is 4.79 Å². The molecule has 1 saturated carbocycles. The molecule has 0 aromatic carbocycles. The van der Waals surface area contributed by atoms with Crippen LogP contribution in [0.25, 0.3) is 0 Å². The monoisotopic (exact) mass is 185 g/mol. The van der Waals surface area contributed by atoms with Crippen molar-refractivity contribution in [3.05, 3.63) is 0 Å². The van der Waals surface area contributed by atoms with Gasteiger partial charge in [-0.15, -0.1) is 0 Å². The highest BCUT2D eigenvalue weighted by Crippen LogP contribution is 2.18. The smallest absolute Gasteiger partial charge is 0.317 e. The zero-order chi connectivity index (χ0) is 9.84. The average Bonchev–Trinajstić information content (AvgIpc) is 2.83. The Morgan fingerprint density at radius 2 is 1.92 bits per heavy atom. The lowest BCUT2D eigenvalue weighted by Gasteiger charge is -2.19. The summed E-state index contributed by atoms with van der Waals surface area (Å²) in [6.07, 6.45) is 2.29. The zero-order valence-electron chi connectivity index (χ0n) is 8.71. The molecule has 1 N–H and O–H groups in total. The standard InChI is InChI=1S/C9H19N3O/c1-11(2)6-7-12(3)9(13)10-8-4-5-8/h8H,4-7H2,1-3H3,(H,10,13). The van der Waals surface area contributed by atoms with Gasteiger partial charge in [-0.05, 0) is 26.9 Å². The van der Waals surface area contributed by atoms with Gasteiger partial charge in [0.1, 0.15) is 0 Å². The molecule has 1 rings (SSSR count). The van der Waals surface area contributed by atoms with E-state index in [2.05, 4.69) is 10.2 Å². The summed E-state index contributed by atoms with van der Waals surface area (Å²) < 4.78 is 0. The molecule has 0 aromatic heterocycles. The first-order chi connectivity index (χ1) is 6.09. The normalized spacial score (nSPS) is 16.0. The first kappa shape index (κ1) is 10.3. The second kappa shape index (κ2) is 4.46. The molecule has 0 aliphatic heterocycles. The third-order valence-electron chi connectivity index (χ3n) is 2.13. The Bertz CT molecular complexity index is 178. The van der Waals surface area contributed by atoms with Gasteiger partial charge in [0.05, 0.1) is 0 Å². The number of hydrogen-bond donors (Lipinski definition) is 1. The predicted molar refractivity (Wildman–Crippen MR) is 52.7 cm³/mol. The Kier molecular flexibility index (Phi) is 3.54. The minimum Gasteiger partial charge on any atom is -0.335 e. The van der Waals surface area contributed by atoms with E-state index < -0.39 is 0 Å². The summed E-state index contributed by atoms with van der Waals surface area (Å²) in [4.78, 5) is 15.2. The van der Waals surface area contributed by atoms with Crippen LogP contribution in [0.5, 0.6) is 0 Å². The Labute approximate surface area is 79.9 Å². The molecule has 0 heterocycles. The Morgan fingerprint density at radius 1 is 1.31 bits per heavy atom. The first-order valence-electron chi connectivity index (χ1n) is 4.76. The van der Waals surface area contributed by atoms with E-state index in [0.717, 1.165) is 25.9 Å². The van der Waals surface area contributed by atoms with Crippen molar-refractivity contribution >= 4 is 6.03 Å². The quantitative estimate of drug-likeness (QED) is 0.686. The van der Waals surface area contributed by atoms with Gasteiger partial charge in [0, 0.05) is 26.2 Å². The minimum atomic E-state index is 0.0596. The lowest BCUT2D eigenvalue weighted by atomic mass is 10.5. The number of nitrogens with zero attached hydrogens (tertiary/aromatic N) is 2. The van der Waals surface area contributed by atoms with Gasteiger partial charge in [-0.1, -0.05) is 0 Å². The van der Waals surface area contributed by atoms with Gasteiger partial charge < -0.3 is 15.1 Å². The lowest BCUT2D eigenvalue weighted by Crippen LogP contribution is -2.41. The van der Waals surface area contributed by atoms with Crippen LogP contribution in [0, 0.1) is 0 Å². The Morgan fingerprint density at radius 3 is 2.38 bits per heavy atom. The molecule has 0 bridgehead atoms. The summed E-state index contributed by atoms with van der Waals surface area (Å²) in [7, 11) is 5.85. The topological polar surface area (TPSA) is 35.6 Å². The van der Waals surface area contributed by atoms with Crippen LogP contribution in [0.15, 0.2) is 0 Å². The largest absolute Gasteiger partial charge is 0.335 e. The van der Waals surface area contributed by atoms with Gasteiger partial charge in [-0.25, -0.2) is 4.79 Å². The molecule has 4 heteroatoms. The minimum absolute atomic E-state index is 0.0596. The molecule has 1 fully saturated rings. The van der Waals surface area contributed by atoms with Crippen LogP contribution in [-0.4, -0.2) is 56.1 Å². The number of rotatable bonds is 4. The van der Waals surface area contributed by atoms with Crippen molar-refractivity contribution in [2.24, 2.45) is 0 Å². The van der Waals surface area contributed by atoms with Crippen LogP contribution in [0.2, 0.25) is 0 Å². The van der Waals surface area contributed by atoms with Gasteiger partial charge >= 0.3 is 6.03 Å². The van der Waals surface area contributed by atoms with Crippen molar-refractivity contribution in [2.75, 3.05) is 34.2 Å². The number of hydrogen-bond acceptors (Lipinski definition) is 2. The van der Waals surface area contributed by atoms with Gasteiger partial charge in [-0.3, -0.25) is 0 Å².